The minimum Gasteiger partial charge on any atom is -0.461 e. The minimum atomic E-state index is -0.632. The molecule has 5 rings (SSSR count). The summed E-state index contributed by atoms with van der Waals surface area (Å²) in [6, 6.07) is 0. The van der Waals surface area contributed by atoms with Gasteiger partial charge in [0.05, 0.1) is 18.9 Å². The highest BCUT2D eigenvalue weighted by Crippen LogP contribution is 2.45. The van der Waals surface area contributed by atoms with Crippen LogP contribution in [0.2, 0.25) is 0 Å². The fraction of sp³-hybridized carbons (Fsp3) is 0.739. The highest BCUT2D eigenvalue weighted by atomic mass is 16.6. The third-order valence-corrected chi connectivity index (χ3v) is 7.36. The summed E-state index contributed by atoms with van der Waals surface area (Å²) in [5.74, 6) is -0.503. The van der Waals surface area contributed by atoms with Crippen LogP contribution in [-0.2, 0) is 38.6 Å². The van der Waals surface area contributed by atoms with E-state index in [1.165, 1.54) is 12.8 Å². The number of esters is 2. The summed E-state index contributed by atoms with van der Waals surface area (Å²) >= 11 is 0. The Morgan fingerprint density at radius 2 is 2.00 bits per heavy atom. The van der Waals surface area contributed by atoms with E-state index in [9.17, 15) is 14.4 Å². The second-order valence-electron chi connectivity index (χ2n) is 9.49. The molecule has 3 heterocycles. The summed E-state index contributed by atoms with van der Waals surface area (Å²) < 4.78 is 13.0. The zero-order chi connectivity index (χ0) is 21.6. The van der Waals surface area contributed by atoms with Crippen molar-refractivity contribution in [2.24, 2.45) is 11.8 Å². The van der Waals surface area contributed by atoms with E-state index in [1.807, 2.05) is 4.68 Å². The van der Waals surface area contributed by atoms with Crippen molar-refractivity contribution >= 4 is 17.8 Å². The van der Waals surface area contributed by atoms with Crippen LogP contribution in [0.1, 0.15) is 80.0 Å². The highest BCUT2D eigenvalue weighted by molar-refractivity contribution is 5.91. The summed E-state index contributed by atoms with van der Waals surface area (Å²) in [5, 5.41) is 4.60. The molecule has 3 fully saturated rings. The number of hydrogen-bond acceptors (Lipinski definition) is 6. The van der Waals surface area contributed by atoms with Crippen molar-refractivity contribution in [2.45, 2.75) is 83.4 Å². The quantitative estimate of drug-likeness (QED) is 0.669. The minimum absolute atomic E-state index is 0.0249. The predicted octanol–water partition coefficient (Wildman–Crippen LogP) is 2.62. The van der Waals surface area contributed by atoms with Gasteiger partial charge in [-0.05, 0) is 51.4 Å². The van der Waals surface area contributed by atoms with E-state index in [2.05, 4.69) is 5.10 Å². The summed E-state index contributed by atoms with van der Waals surface area (Å²) in [7, 11) is 0. The number of nitrogens with zero attached hydrogens (tertiary/aromatic N) is 3. The van der Waals surface area contributed by atoms with Crippen molar-refractivity contribution in [1.82, 2.24) is 14.7 Å². The van der Waals surface area contributed by atoms with Crippen LogP contribution >= 0.6 is 0 Å². The molecule has 2 aliphatic carbocycles. The van der Waals surface area contributed by atoms with Gasteiger partial charge in [-0.3, -0.25) is 14.3 Å². The Kier molecular flexibility index (Phi) is 5.26. The molecule has 1 saturated heterocycles. The van der Waals surface area contributed by atoms with E-state index in [4.69, 9.17) is 9.47 Å². The molecule has 0 aromatic carbocycles. The number of ether oxygens (including phenoxy) is 2. The normalized spacial score (nSPS) is 24.7. The van der Waals surface area contributed by atoms with Crippen molar-refractivity contribution in [1.29, 1.82) is 0 Å². The Hall–Kier alpha value is -2.38. The van der Waals surface area contributed by atoms with Gasteiger partial charge in [0.15, 0.2) is 5.69 Å². The number of amides is 1. The van der Waals surface area contributed by atoms with Crippen LogP contribution in [-0.4, -0.2) is 51.3 Å². The van der Waals surface area contributed by atoms with Crippen molar-refractivity contribution < 1.29 is 23.9 Å². The molecule has 0 bridgehead atoms. The summed E-state index contributed by atoms with van der Waals surface area (Å²) in [6.07, 6.45) is 7.85. The third-order valence-electron chi connectivity index (χ3n) is 7.36. The monoisotopic (exact) mass is 429 g/mol. The van der Waals surface area contributed by atoms with Crippen LogP contribution < -0.4 is 0 Å². The number of carbonyl (C=O) groups is 3. The molecular weight excluding hydrogens is 398 g/mol. The van der Waals surface area contributed by atoms with E-state index in [-0.39, 0.29) is 24.9 Å². The number of hydrogen-bond donors (Lipinski definition) is 0. The average molecular weight is 430 g/mol. The molecule has 4 aliphatic rings. The zero-order valence-electron chi connectivity index (χ0n) is 18.2. The molecular formula is C23H31N3O5. The maximum atomic E-state index is 13.6. The van der Waals surface area contributed by atoms with E-state index >= 15 is 0 Å². The largest absolute Gasteiger partial charge is 0.461 e. The molecule has 0 radical (unpaired) electrons. The maximum Gasteiger partial charge on any atom is 0.359 e. The Morgan fingerprint density at radius 3 is 2.71 bits per heavy atom. The van der Waals surface area contributed by atoms with Crippen LogP contribution in [0.4, 0.5) is 0 Å². The van der Waals surface area contributed by atoms with Crippen LogP contribution in [0.5, 0.6) is 0 Å². The molecule has 0 N–H and O–H groups in total. The Labute approximate surface area is 182 Å². The van der Waals surface area contributed by atoms with Gasteiger partial charge in [0.1, 0.15) is 5.60 Å². The van der Waals surface area contributed by atoms with Gasteiger partial charge in [-0.25, -0.2) is 4.79 Å². The van der Waals surface area contributed by atoms with Crippen molar-refractivity contribution in [3.05, 3.63) is 17.0 Å². The second kappa shape index (κ2) is 7.95. The lowest BCUT2D eigenvalue weighted by Gasteiger charge is -2.39. The van der Waals surface area contributed by atoms with Gasteiger partial charge in [0.2, 0.25) is 5.91 Å². The Bertz CT molecular complexity index is 897. The standard InChI is InChI=1S/C23H31N3O5/c1-2-30-22(29)20-16-14-25(11-8-18(16)26(24-20)13-15-6-7-15)21(28)17-12-19(27)31-23(17)9-4-3-5-10-23/h15,17H,2-14H2,1H3. The second-order valence-corrected chi connectivity index (χ2v) is 9.49. The molecule has 1 atom stereocenters. The maximum absolute atomic E-state index is 13.6. The van der Waals surface area contributed by atoms with Gasteiger partial charge in [-0.2, -0.15) is 5.10 Å². The van der Waals surface area contributed by atoms with Crippen LogP contribution in [0, 0.1) is 11.8 Å². The SMILES string of the molecule is CCOC(=O)c1nn(CC2CC2)c2c1CN(C(=O)C1CC(=O)OC13CCCCC3)CC2. The van der Waals surface area contributed by atoms with Gasteiger partial charge in [-0.1, -0.05) is 6.42 Å². The van der Waals surface area contributed by atoms with Crippen LogP contribution in [0.15, 0.2) is 0 Å². The number of carbonyl (C=O) groups excluding carboxylic acids is 3. The van der Waals surface area contributed by atoms with Crippen molar-refractivity contribution in [3.8, 4) is 0 Å². The van der Waals surface area contributed by atoms with Crippen molar-refractivity contribution in [2.75, 3.05) is 13.2 Å². The van der Waals surface area contributed by atoms with Crippen LogP contribution in [0.3, 0.4) is 0 Å². The molecule has 2 aliphatic heterocycles. The first kappa shape index (κ1) is 20.5. The van der Waals surface area contributed by atoms with Crippen LogP contribution in [0.25, 0.3) is 0 Å². The molecule has 1 spiro atoms. The first-order valence-electron chi connectivity index (χ1n) is 11.8. The zero-order valence-corrected chi connectivity index (χ0v) is 18.2. The highest BCUT2D eigenvalue weighted by Gasteiger charge is 2.54. The van der Waals surface area contributed by atoms with E-state index in [0.29, 0.717) is 31.1 Å². The molecule has 1 unspecified atom stereocenters. The topological polar surface area (TPSA) is 90.7 Å². The molecule has 8 heteroatoms. The van der Waals surface area contributed by atoms with Gasteiger partial charge in [-0.15, -0.1) is 0 Å². The number of fused-ring (bicyclic) bond motifs is 1. The van der Waals surface area contributed by atoms with Gasteiger partial charge >= 0.3 is 11.9 Å². The molecule has 2 saturated carbocycles. The lowest BCUT2D eigenvalue weighted by molar-refractivity contribution is -0.156. The predicted molar refractivity (Wildman–Crippen MR) is 110 cm³/mol. The Balaban J connectivity index is 1.40. The lowest BCUT2D eigenvalue weighted by Crippen LogP contribution is -2.48. The summed E-state index contributed by atoms with van der Waals surface area (Å²) in [4.78, 5) is 40.1. The number of rotatable bonds is 5. The molecule has 168 valence electrons. The fourth-order valence-electron chi connectivity index (χ4n) is 5.56. The van der Waals surface area contributed by atoms with Gasteiger partial charge in [0, 0.05) is 37.3 Å². The van der Waals surface area contributed by atoms with E-state index < -0.39 is 17.5 Å². The molecule has 1 amide bonds. The molecule has 31 heavy (non-hydrogen) atoms. The molecule has 1 aromatic heterocycles. The first-order valence-corrected chi connectivity index (χ1v) is 11.8. The molecule has 8 nitrogen and oxygen atoms in total. The summed E-state index contributed by atoms with van der Waals surface area (Å²) in [6.45, 7) is 3.81. The third kappa shape index (κ3) is 3.74. The van der Waals surface area contributed by atoms with E-state index in [1.54, 1.807) is 11.8 Å². The van der Waals surface area contributed by atoms with Crippen molar-refractivity contribution in [3.63, 3.8) is 0 Å². The van der Waals surface area contributed by atoms with Gasteiger partial charge < -0.3 is 14.4 Å². The smallest absolute Gasteiger partial charge is 0.359 e. The fourth-order valence-corrected chi connectivity index (χ4v) is 5.56. The van der Waals surface area contributed by atoms with Gasteiger partial charge in [0.25, 0.3) is 0 Å². The lowest BCUT2D eigenvalue weighted by atomic mass is 9.75. The first-order chi connectivity index (χ1) is 15.0. The molecule has 1 aromatic rings. The number of aromatic nitrogens is 2. The Morgan fingerprint density at radius 1 is 1.23 bits per heavy atom. The van der Waals surface area contributed by atoms with E-state index in [0.717, 1.165) is 49.9 Å². The summed E-state index contributed by atoms with van der Waals surface area (Å²) in [5.41, 5.74) is 1.56. The average Bonchev–Trinajstić information content (AvgIpc) is 3.43.